The Balaban J connectivity index is 1.80. The van der Waals surface area contributed by atoms with E-state index in [1.54, 1.807) is 6.92 Å². The zero-order chi connectivity index (χ0) is 22.4. The number of ether oxygens (including phenoxy) is 1. The minimum absolute atomic E-state index is 0.0499. The molecule has 5 rings (SSSR count). The van der Waals surface area contributed by atoms with Gasteiger partial charge in [-0.15, -0.1) is 0 Å². The molecule has 1 aliphatic rings. The van der Waals surface area contributed by atoms with Crippen LogP contribution in [-0.4, -0.2) is 15.6 Å². The Morgan fingerprint density at radius 3 is 2.06 bits per heavy atom. The van der Waals surface area contributed by atoms with E-state index in [4.69, 9.17) is 9.84 Å². The minimum Gasteiger partial charge on any atom is -0.455 e. The number of hydrogen-bond acceptors (Lipinski definition) is 3. The van der Waals surface area contributed by atoms with Gasteiger partial charge >= 0.3 is 0 Å². The number of carbonyl (C=O) groups is 1. The number of Topliss-reactive ketones (excluding diaryl/α,β-unsaturated/α-hetero) is 1. The summed E-state index contributed by atoms with van der Waals surface area (Å²) in [6.07, 6.45) is 2.01. The van der Waals surface area contributed by atoms with Crippen molar-refractivity contribution in [3.05, 3.63) is 106 Å². The Kier molecular flexibility index (Phi) is 4.78. The molecule has 0 spiro atoms. The summed E-state index contributed by atoms with van der Waals surface area (Å²) < 4.78 is 8.40. The van der Waals surface area contributed by atoms with Crippen LogP contribution in [0.5, 0.6) is 5.75 Å². The first-order valence-corrected chi connectivity index (χ1v) is 10.7. The summed E-state index contributed by atoms with van der Waals surface area (Å²) in [4.78, 5) is 11.8. The highest BCUT2D eigenvalue weighted by Crippen LogP contribution is 2.45. The van der Waals surface area contributed by atoms with Crippen molar-refractivity contribution < 1.29 is 9.53 Å². The molecule has 4 nitrogen and oxygen atoms in total. The minimum atomic E-state index is 0.0499. The van der Waals surface area contributed by atoms with Crippen molar-refractivity contribution in [3.8, 4) is 17.0 Å². The van der Waals surface area contributed by atoms with Crippen molar-refractivity contribution in [2.75, 3.05) is 0 Å². The van der Waals surface area contributed by atoms with Crippen LogP contribution >= 0.6 is 0 Å². The van der Waals surface area contributed by atoms with Gasteiger partial charge in [0.2, 0.25) is 0 Å². The van der Waals surface area contributed by atoms with Gasteiger partial charge in [-0.3, -0.25) is 9.48 Å². The molecule has 0 amide bonds. The Morgan fingerprint density at radius 2 is 1.41 bits per heavy atom. The number of hydrogen-bond donors (Lipinski definition) is 0. The van der Waals surface area contributed by atoms with Crippen LogP contribution in [0.4, 0.5) is 0 Å². The third-order valence-corrected chi connectivity index (χ3v) is 5.82. The molecule has 1 aliphatic heterocycles. The van der Waals surface area contributed by atoms with E-state index in [1.807, 2.05) is 48.3 Å². The lowest BCUT2D eigenvalue weighted by atomic mass is 9.91. The predicted octanol–water partition coefficient (Wildman–Crippen LogP) is 6.22. The molecular weight excluding hydrogens is 396 g/mol. The molecule has 0 N–H and O–H groups in total. The number of aryl methyl sites for hydroxylation is 3. The Labute approximate surface area is 187 Å². The smallest absolute Gasteiger partial charge is 0.159 e. The maximum Gasteiger partial charge on any atom is 0.159 e. The summed E-state index contributed by atoms with van der Waals surface area (Å²) in [6, 6.07) is 22.3. The van der Waals surface area contributed by atoms with Crippen molar-refractivity contribution in [2.45, 2.75) is 20.8 Å². The van der Waals surface area contributed by atoms with Gasteiger partial charge in [-0.2, -0.15) is 5.10 Å². The molecule has 0 bridgehead atoms. The molecule has 2 heterocycles. The highest BCUT2D eigenvalue weighted by Gasteiger charge is 2.28. The van der Waals surface area contributed by atoms with Crippen molar-refractivity contribution in [2.24, 2.45) is 7.05 Å². The average molecular weight is 421 g/mol. The summed E-state index contributed by atoms with van der Waals surface area (Å²) in [5.41, 5.74) is 8.92. The second-order valence-electron chi connectivity index (χ2n) is 8.37. The van der Waals surface area contributed by atoms with E-state index in [-0.39, 0.29) is 5.78 Å². The molecule has 0 saturated heterocycles. The lowest BCUT2D eigenvalue weighted by Crippen LogP contribution is -2.08. The van der Waals surface area contributed by atoms with Crippen LogP contribution in [0.3, 0.4) is 0 Å². The van der Waals surface area contributed by atoms with Crippen LogP contribution in [0, 0.1) is 13.8 Å². The summed E-state index contributed by atoms with van der Waals surface area (Å²) in [5.74, 6) is 1.61. The van der Waals surface area contributed by atoms with E-state index in [9.17, 15) is 4.79 Å². The van der Waals surface area contributed by atoms with Crippen LogP contribution in [-0.2, 0) is 7.05 Å². The number of nitrogens with zero attached hydrogens (tertiary/aromatic N) is 2. The summed E-state index contributed by atoms with van der Waals surface area (Å²) in [5, 5.41) is 4.76. The molecule has 0 saturated carbocycles. The number of carbonyl (C=O) groups excluding carboxylic acids is 1. The van der Waals surface area contributed by atoms with Gasteiger partial charge in [-0.05, 0) is 44.0 Å². The zero-order valence-corrected chi connectivity index (χ0v) is 18.6. The molecule has 0 unspecified atom stereocenters. The van der Waals surface area contributed by atoms with Crippen molar-refractivity contribution in [3.63, 3.8) is 0 Å². The number of benzene rings is 3. The third kappa shape index (κ3) is 3.44. The fourth-order valence-corrected chi connectivity index (χ4v) is 4.14. The summed E-state index contributed by atoms with van der Waals surface area (Å²) >= 11 is 0. The fourth-order valence-electron chi connectivity index (χ4n) is 4.14. The Hall–Kier alpha value is -3.92. The standard InChI is InChI=1S/C28H24N2O2/c1-17-5-8-21(9-6-17)26(22-12-10-20(11-13-22)19(3)31)28-24-16-30(4)29-27(24)23-15-18(2)7-14-25(23)32-28/h5-16H,1-4H3/b28-26+. The first kappa shape index (κ1) is 20.0. The number of ketones is 1. The van der Waals surface area contributed by atoms with E-state index in [0.29, 0.717) is 5.56 Å². The van der Waals surface area contributed by atoms with E-state index in [0.717, 1.165) is 50.6 Å². The number of rotatable bonds is 3. The number of aromatic nitrogens is 2. The van der Waals surface area contributed by atoms with Crippen LogP contribution < -0.4 is 4.74 Å². The molecule has 3 aromatic carbocycles. The topological polar surface area (TPSA) is 44.1 Å². The van der Waals surface area contributed by atoms with Crippen molar-refractivity contribution in [1.29, 1.82) is 0 Å². The Bertz CT molecular complexity index is 1370. The van der Waals surface area contributed by atoms with E-state index in [1.165, 1.54) is 5.56 Å². The second-order valence-corrected chi connectivity index (χ2v) is 8.37. The van der Waals surface area contributed by atoms with Crippen molar-refractivity contribution in [1.82, 2.24) is 9.78 Å². The molecule has 4 aromatic rings. The predicted molar refractivity (Wildman–Crippen MR) is 128 cm³/mol. The second kappa shape index (κ2) is 7.65. The first-order valence-electron chi connectivity index (χ1n) is 10.7. The molecule has 0 radical (unpaired) electrons. The molecule has 0 fully saturated rings. The zero-order valence-electron chi connectivity index (χ0n) is 18.6. The van der Waals surface area contributed by atoms with Crippen LogP contribution in [0.15, 0.2) is 72.9 Å². The van der Waals surface area contributed by atoms with Crippen molar-refractivity contribution >= 4 is 17.1 Å². The first-order chi connectivity index (χ1) is 15.4. The van der Waals surface area contributed by atoms with Crippen LogP contribution in [0.1, 0.15) is 45.1 Å². The quantitative estimate of drug-likeness (QED) is 0.370. The van der Waals surface area contributed by atoms with Gasteiger partial charge in [0.15, 0.2) is 5.78 Å². The normalized spacial score (nSPS) is 13.8. The van der Waals surface area contributed by atoms with E-state index < -0.39 is 0 Å². The molecule has 0 aliphatic carbocycles. The van der Waals surface area contributed by atoms with Gasteiger partial charge in [0.1, 0.15) is 17.2 Å². The SMILES string of the molecule is CC(=O)c1ccc(/C(=C2/Oc3ccc(C)cc3-c3nn(C)cc32)c2ccc(C)cc2)cc1. The Morgan fingerprint density at radius 1 is 0.812 bits per heavy atom. The molecule has 158 valence electrons. The molecule has 0 atom stereocenters. The molecule has 32 heavy (non-hydrogen) atoms. The van der Waals surface area contributed by atoms with Crippen LogP contribution in [0.2, 0.25) is 0 Å². The van der Waals surface area contributed by atoms with E-state index in [2.05, 4.69) is 50.2 Å². The molecular formula is C28H24N2O2. The fraction of sp³-hybridized carbons (Fsp3) is 0.143. The highest BCUT2D eigenvalue weighted by molar-refractivity contribution is 6.02. The lowest BCUT2D eigenvalue weighted by molar-refractivity contribution is 0.101. The van der Waals surface area contributed by atoms with Gasteiger partial charge in [0.05, 0.1) is 5.56 Å². The molecule has 1 aromatic heterocycles. The van der Waals surface area contributed by atoms with Gasteiger partial charge in [-0.25, -0.2) is 0 Å². The van der Waals surface area contributed by atoms with Gasteiger partial charge in [0, 0.05) is 29.9 Å². The van der Waals surface area contributed by atoms with E-state index >= 15 is 0 Å². The van der Waals surface area contributed by atoms with Gasteiger partial charge in [0.25, 0.3) is 0 Å². The largest absolute Gasteiger partial charge is 0.455 e. The highest BCUT2D eigenvalue weighted by atomic mass is 16.5. The summed E-state index contributed by atoms with van der Waals surface area (Å²) in [7, 11) is 1.93. The number of fused-ring (bicyclic) bond motifs is 3. The van der Waals surface area contributed by atoms with Gasteiger partial charge < -0.3 is 4.74 Å². The monoisotopic (exact) mass is 420 g/mol. The average Bonchev–Trinajstić information content (AvgIpc) is 3.18. The maximum atomic E-state index is 11.8. The van der Waals surface area contributed by atoms with Crippen LogP contribution in [0.25, 0.3) is 22.6 Å². The third-order valence-electron chi connectivity index (χ3n) is 5.82. The maximum absolute atomic E-state index is 11.8. The molecule has 4 heteroatoms. The van der Waals surface area contributed by atoms with Gasteiger partial charge in [-0.1, -0.05) is 65.7 Å². The lowest BCUT2D eigenvalue weighted by Gasteiger charge is -2.23. The summed E-state index contributed by atoms with van der Waals surface area (Å²) in [6.45, 7) is 5.73.